The van der Waals surface area contributed by atoms with E-state index in [1.807, 2.05) is 37.3 Å². The third-order valence-electron chi connectivity index (χ3n) is 5.16. The lowest BCUT2D eigenvalue weighted by molar-refractivity contribution is -0.146. The van der Waals surface area contributed by atoms with E-state index in [1.54, 1.807) is 6.92 Å². The number of likely N-dealkylation sites (tertiary alicyclic amines) is 1. The quantitative estimate of drug-likeness (QED) is 0.666. The molecular weight excluding hydrogens is 350 g/mol. The number of aromatic nitrogens is 1. The summed E-state index contributed by atoms with van der Waals surface area (Å²) in [5, 5.41) is 3.24. The number of benzene rings is 1. The molecule has 7 heteroatoms. The molecule has 134 valence electrons. The molecule has 4 rings (SSSR count). The van der Waals surface area contributed by atoms with Gasteiger partial charge in [-0.15, -0.1) is 0 Å². The van der Waals surface area contributed by atoms with Gasteiger partial charge in [0.25, 0.3) is 0 Å². The Morgan fingerprint density at radius 3 is 2.50 bits per heavy atom. The first-order valence-corrected chi connectivity index (χ1v) is 9.48. The van der Waals surface area contributed by atoms with Gasteiger partial charge in [-0.1, -0.05) is 35.6 Å². The topological polar surface area (TPSA) is 79.4 Å². The van der Waals surface area contributed by atoms with Gasteiger partial charge in [0.1, 0.15) is 6.04 Å². The number of aryl methyl sites for hydroxylation is 1. The molecule has 2 aliphatic rings. The van der Waals surface area contributed by atoms with Gasteiger partial charge < -0.3 is 5.32 Å². The molecule has 3 amide bonds. The van der Waals surface area contributed by atoms with E-state index >= 15 is 0 Å². The third-order valence-corrected chi connectivity index (χ3v) is 6.10. The molecule has 2 aromatic rings. The molecule has 1 fully saturated rings. The molecule has 0 saturated carbocycles. The number of carbonyl (C=O) groups is 3. The number of allylic oxidation sites excluding steroid dienone is 2. The van der Waals surface area contributed by atoms with Crippen molar-refractivity contribution in [3.05, 3.63) is 35.9 Å². The number of amides is 3. The van der Waals surface area contributed by atoms with Gasteiger partial charge in [-0.2, -0.15) is 0 Å². The van der Waals surface area contributed by atoms with Crippen molar-refractivity contribution in [3.63, 3.8) is 0 Å². The summed E-state index contributed by atoms with van der Waals surface area (Å²) < 4.78 is 0.985. The van der Waals surface area contributed by atoms with Crippen LogP contribution >= 0.6 is 11.3 Å². The second-order valence-corrected chi connectivity index (χ2v) is 7.84. The van der Waals surface area contributed by atoms with Gasteiger partial charge in [-0.3, -0.25) is 19.3 Å². The van der Waals surface area contributed by atoms with Crippen molar-refractivity contribution in [1.29, 1.82) is 0 Å². The summed E-state index contributed by atoms with van der Waals surface area (Å²) in [4.78, 5) is 43.5. The highest BCUT2D eigenvalue weighted by molar-refractivity contribution is 7.22. The van der Waals surface area contributed by atoms with E-state index in [0.29, 0.717) is 18.0 Å². The Bertz CT molecular complexity index is 923. The van der Waals surface area contributed by atoms with E-state index in [4.69, 9.17) is 0 Å². The van der Waals surface area contributed by atoms with E-state index < -0.39 is 11.9 Å². The Hall–Kier alpha value is -2.54. The summed E-state index contributed by atoms with van der Waals surface area (Å²) in [6.07, 6.45) is 5.00. The van der Waals surface area contributed by atoms with Crippen LogP contribution in [0.2, 0.25) is 0 Å². The molecule has 0 spiro atoms. The number of rotatable bonds is 3. The monoisotopic (exact) mass is 369 g/mol. The minimum atomic E-state index is -0.853. The SMILES string of the molecule is Cc1cccc2sc(NC(=O)[C@H](C)N3C(=O)[C@@H]4CC=CC[C@H]4C3=O)nc12. The third kappa shape index (κ3) is 2.63. The molecule has 3 atom stereocenters. The predicted molar refractivity (Wildman–Crippen MR) is 99.7 cm³/mol. The highest BCUT2D eigenvalue weighted by Gasteiger charge is 2.50. The normalized spacial score (nSPS) is 23.4. The molecule has 2 heterocycles. The maximum Gasteiger partial charge on any atom is 0.249 e. The lowest BCUT2D eigenvalue weighted by Crippen LogP contribution is -2.46. The highest BCUT2D eigenvalue weighted by atomic mass is 32.1. The Morgan fingerprint density at radius 1 is 1.23 bits per heavy atom. The van der Waals surface area contributed by atoms with Crippen LogP contribution in [0.15, 0.2) is 30.4 Å². The van der Waals surface area contributed by atoms with Crippen LogP contribution in [0.1, 0.15) is 25.3 Å². The van der Waals surface area contributed by atoms with E-state index in [9.17, 15) is 14.4 Å². The number of hydrogen-bond acceptors (Lipinski definition) is 5. The molecule has 0 radical (unpaired) electrons. The van der Waals surface area contributed by atoms with Crippen LogP contribution in [0.4, 0.5) is 5.13 Å². The van der Waals surface area contributed by atoms with Crippen LogP contribution in [0.3, 0.4) is 0 Å². The van der Waals surface area contributed by atoms with Gasteiger partial charge in [-0.05, 0) is 38.3 Å². The maximum atomic E-state index is 12.7. The Labute approximate surface area is 154 Å². The summed E-state index contributed by atoms with van der Waals surface area (Å²) in [7, 11) is 0. The smallest absolute Gasteiger partial charge is 0.249 e. The molecule has 0 bridgehead atoms. The summed E-state index contributed by atoms with van der Waals surface area (Å²) in [6, 6.07) is 5.01. The van der Waals surface area contributed by atoms with E-state index in [1.165, 1.54) is 11.3 Å². The summed E-state index contributed by atoms with van der Waals surface area (Å²) in [5.74, 6) is -1.53. The summed E-state index contributed by atoms with van der Waals surface area (Å²) in [6.45, 7) is 3.56. The van der Waals surface area contributed by atoms with Gasteiger partial charge in [0, 0.05) is 0 Å². The van der Waals surface area contributed by atoms with Crippen LogP contribution in [-0.4, -0.2) is 33.6 Å². The van der Waals surface area contributed by atoms with Gasteiger partial charge >= 0.3 is 0 Å². The zero-order valence-electron chi connectivity index (χ0n) is 14.6. The average Bonchev–Trinajstić information content (AvgIpc) is 3.15. The van der Waals surface area contributed by atoms with Crippen molar-refractivity contribution < 1.29 is 14.4 Å². The Morgan fingerprint density at radius 2 is 1.88 bits per heavy atom. The second-order valence-electron chi connectivity index (χ2n) is 6.81. The molecule has 1 aromatic carbocycles. The van der Waals surface area contributed by atoms with Gasteiger partial charge in [-0.25, -0.2) is 4.98 Å². The number of nitrogens with one attached hydrogen (secondary N) is 1. The molecular formula is C19H19N3O3S. The molecule has 1 N–H and O–H groups in total. The first kappa shape index (κ1) is 16.9. The lowest BCUT2D eigenvalue weighted by atomic mass is 9.85. The highest BCUT2D eigenvalue weighted by Crippen LogP contribution is 2.36. The molecule has 1 saturated heterocycles. The van der Waals surface area contributed by atoms with E-state index in [0.717, 1.165) is 20.7 Å². The predicted octanol–water partition coefficient (Wildman–Crippen LogP) is 2.88. The zero-order valence-corrected chi connectivity index (χ0v) is 15.4. The molecule has 0 unspecified atom stereocenters. The Balaban J connectivity index is 1.53. The van der Waals surface area contributed by atoms with Crippen LogP contribution < -0.4 is 5.32 Å². The number of nitrogens with zero attached hydrogens (tertiary/aromatic N) is 2. The summed E-state index contributed by atoms with van der Waals surface area (Å²) >= 11 is 1.38. The molecule has 1 aliphatic heterocycles. The fourth-order valence-corrected chi connectivity index (χ4v) is 4.62. The molecule has 26 heavy (non-hydrogen) atoms. The number of anilines is 1. The molecule has 1 aromatic heterocycles. The number of hydrogen-bond donors (Lipinski definition) is 1. The van der Waals surface area contributed by atoms with Gasteiger partial charge in [0.2, 0.25) is 17.7 Å². The first-order valence-electron chi connectivity index (χ1n) is 8.66. The van der Waals surface area contributed by atoms with Crippen LogP contribution in [0.5, 0.6) is 0 Å². The second kappa shape index (κ2) is 6.32. The van der Waals surface area contributed by atoms with Crippen LogP contribution in [0, 0.1) is 18.8 Å². The number of carbonyl (C=O) groups excluding carboxylic acids is 3. The van der Waals surface area contributed by atoms with Crippen molar-refractivity contribution in [2.45, 2.75) is 32.7 Å². The maximum absolute atomic E-state index is 12.7. The van der Waals surface area contributed by atoms with Crippen LogP contribution in [0.25, 0.3) is 10.2 Å². The van der Waals surface area contributed by atoms with Gasteiger partial charge in [0.05, 0.1) is 22.1 Å². The lowest BCUT2D eigenvalue weighted by Gasteiger charge is -2.21. The fourth-order valence-electron chi connectivity index (χ4n) is 3.67. The van der Waals surface area contributed by atoms with Crippen LogP contribution in [-0.2, 0) is 14.4 Å². The summed E-state index contributed by atoms with van der Waals surface area (Å²) in [5.41, 5.74) is 1.89. The van der Waals surface area contributed by atoms with E-state index in [2.05, 4.69) is 10.3 Å². The van der Waals surface area contributed by atoms with Crippen molar-refractivity contribution in [2.75, 3.05) is 5.32 Å². The van der Waals surface area contributed by atoms with Crippen molar-refractivity contribution in [3.8, 4) is 0 Å². The standard InChI is InChI=1S/C19H19N3O3S/c1-10-6-5-9-14-15(10)20-19(26-14)21-16(23)11(2)22-17(24)12-7-3-4-8-13(12)18(22)25/h3-6,9,11-13H,7-8H2,1-2H3,(H,20,21,23)/t11-,12+,13+/m0/s1. The number of imide groups is 1. The fraction of sp³-hybridized carbons (Fsp3) is 0.368. The Kier molecular flexibility index (Phi) is 4.11. The molecule has 1 aliphatic carbocycles. The average molecular weight is 369 g/mol. The van der Waals surface area contributed by atoms with Gasteiger partial charge in [0.15, 0.2) is 5.13 Å². The minimum absolute atomic E-state index is 0.243. The van der Waals surface area contributed by atoms with Crippen molar-refractivity contribution >= 4 is 44.4 Å². The molecule has 6 nitrogen and oxygen atoms in total. The number of para-hydroxylation sites is 1. The number of thiazole rings is 1. The minimum Gasteiger partial charge on any atom is -0.300 e. The first-order chi connectivity index (χ1) is 12.5. The zero-order chi connectivity index (χ0) is 18.4. The number of fused-ring (bicyclic) bond motifs is 2. The van der Waals surface area contributed by atoms with E-state index in [-0.39, 0.29) is 23.7 Å². The van der Waals surface area contributed by atoms with Crippen molar-refractivity contribution in [1.82, 2.24) is 9.88 Å². The van der Waals surface area contributed by atoms with Crippen molar-refractivity contribution in [2.24, 2.45) is 11.8 Å². The largest absolute Gasteiger partial charge is 0.300 e.